The maximum atomic E-state index is 5.52. The molecular formula is C12H15BrN4O2S. The van der Waals surface area contributed by atoms with Crippen LogP contribution in [0.25, 0.3) is 0 Å². The van der Waals surface area contributed by atoms with E-state index in [0.29, 0.717) is 29.4 Å². The standard InChI is InChI=1S/C12H15BrN4O2S/c1-3-19-11-5-9(13)8(4-10(11)18-2)6-15-17-7-14-16-12(17)20/h4-5,7,15H,3,6H2,1-2H3,(H,16,20). The van der Waals surface area contributed by atoms with Crippen molar-refractivity contribution in [1.29, 1.82) is 0 Å². The van der Waals surface area contributed by atoms with Gasteiger partial charge in [-0.2, -0.15) is 5.10 Å². The van der Waals surface area contributed by atoms with Gasteiger partial charge in [0.15, 0.2) is 11.5 Å². The van der Waals surface area contributed by atoms with Gasteiger partial charge in [0, 0.05) is 4.47 Å². The molecule has 2 aromatic rings. The molecule has 1 aromatic carbocycles. The molecule has 0 spiro atoms. The first kappa shape index (κ1) is 14.9. The molecule has 0 unspecified atom stereocenters. The fourth-order valence-electron chi connectivity index (χ4n) is 1.67. The van der Waals surface area contributed by atoms with Crippen LogP contribution in [-0.2, 0) is 6.54 Å². The lowest BCUT2D eigenvalue weighted by atomic mass is 10.2. The molecule has 0 aliphatic rings. The van der Waals surface area contributed by atoms with Gasteiger partial charge in [-0.15, -0.1) is 0 Å². The van der Waals surface area contributed by atoms with Crippen LogP contribution in [0, 0.1) is 4.77 Å². The van der Waals surface area contributed by atoms with E-state index in [4.69, 9.17) is 21.7 Å². The van der Waals surface area contributed by atoms with Crippen molar-refractivity contribution in [3.8, 4) is 11.5 Å². The second-order valence-corrected chi connectivity index (χ2v) is 5.13. The first-order valence-electron chi connectivity index (χ1n) is 6.00. The van der Waals surface area contributed by atoms with Gasteiger partial charge in [0.25, 0.3) is 0 Å². The van der Waals surface area contributed by atoms with Crippen LogP contribution in [0.3, 0.4) is 0 Å². The van der Waals surface area contributed by atoms with E-state index in [9.17, 15) is 0 Å². The summed E-state index contributed by atoms with van der Waals surface area (Å²) in [5, 5.41) is 6.52. The Bertz CT molecular complexity index is 641. The highest BCUT2D eigenvalue weighted by Crippen LogP contribution is 2.33. The highest BCUT2D eigenvalue weighted by molar-refractivity contribution is 9.10. The average molecular weight is 359 g/mol. The highest BCUT2D eigenvalue weighted by Gasteiger charge is 2.10. The van der Waals surface area contributed by atoms with Crippen molar-refractivity contribution >= 4 is 28.1 Å². The lowest BCUT2D eigenvalue weighted by molar-refractivity contribution is 0.310. The normalized spacial score (nSPS) is 10.3. The highest BCUT2D eigenvalue weighted by atomic mass is 79.9. The van der Waals surface area contributed by atoms with Gasteiger partial charge in [-0.1, -0.05) is 15.9 Å². The summed E-state index contributed by atoms with van der Waals surface area (Å²) in [6.07, 6.45) is 1.59. The third kappa shape index (κ3) is 3.31. The molecule has 0 saturated carbocycles. The van der Waals surface area contributed by atoms with Crippen molar-refractivity contribution < 1.29 is 9.47 Å². The molecule has 8 heteroatoms. The van der Waals surface area contributed by atoms with Gasteiger partial charge in [-0.25, -0.2) is 4.68 Å². The van der Waals surface area contributed by atoms with Crippen LogP contribution in [0.4, 0.5) is 0 Å². The maximum absolute atomic E-state index is 5.52. The Kier molecular flexibility index (Phi) is 5.02. The molecule has 0 aliphatic heterocycles. The molecule has 0 radical (unpaired) electrons. The van der Waals surface area contributed by atoms with Crippen LogP contribution < -0.4 is 14.9 Å². The SMILES string of the molecule is CCOc1cc(Br)c(CNn2cn[nH]c2=S)cc1OC. The largest absolute Gasteiger partial charge is 0.493 e. The molecule has 0 atom stereocenters. The number of halogens is 1. The number of ether oxygens (including phenoxy) is 2. The molecule has 1 aromatic heterocycles. The van der Waals surface area contributed by atoms with E-state index in [-0.39, 0.29) is 0 Å². The topological polar surface area (TPSA) is 64.1 Å². The van der Waals surface area contributed by atoms with Crippen LogP contribution in [-0.4, -0.2) is 28.6 Å². The van der Waals surface area contributed by atoms with Gasteiger partial charge in [0.05, 0.1) is 20.3 Å². The predicted molar refractivity (Wildman–Crippen MR) is 82.3 cm³/mol. The van der Waals surface area contributed by atoms with Gasteiger partial charge in [-0.05, 0) is 36.8 Å². The summed E-state index contributed by atoms with van der Waals surface area (Å²) in [5.41, 5.74) is 4.17. The summed E-state index contributed by atoms with van der Waals surface area (Å²) in [7, 11) is 1.62. The fraction of sp³-hybridized carbons (Fsp3) is 0.333. The zero-order valence-electron chi connectivity index (χ0n) is 11.1. The zero-order chi connectivity index (χ0) is 14.5. The molecule has 1 heterocycles. The molecule has 0 saturated heterocycles. The summed E-state index contributed by atoms with van der Waals surface area (Å²) in [6.45, 7) is 3.09. The molecule has 0 amide bonds. The number of aromatic nitrogens is 3. The molecule has 2 rings (SSSR count). The van der Waals surface area contributed by atoms with Crippen molar-refractivity contribution in [3.05, 3.63) is 33.3 Å². The van der Waals surface area contributed by atoms with Crippen molar-refractivity contribution in [1.82, 2.24) is 14.9 Å². The number of nitrogens with zero attached hydrogens (tertiary/aromatic N) is 2. The second-order valence-electron chi connectivity index (χ2n) is 3.89. The molecule has 0 bridgehead atoms. The Morgan fingerprint density at radius 3 is 2.85 bits per heavy atom. The fourth-order valence-corrected chi connectivity index (χ4v) is 2.30. The van der Waals surface area contributed by atoms with E-state index < -0.39 is 0 Å². The molecule has 0 aliphatic carbocycles. The summed E-state index contributed by atoms with van der Waals surface area (Å²) in [6, 6.07) is 3.82. The van der Waals surface area contributed by atoms with Crippen LogP contribution in [0.15, 0.2) is 22.9 Å². The Morgan fingerprint density at radius 2 is 2.25 bits per heavy atom. The number of hydrogen-bond acceptors (Lipinski definition) is 5. The van der Waals surface area contributed by atoms with E-state index in [1.807, 2.05) is 19.1 Å². The Hall–Kier alpha value is -1.54. The van der Waals surface area contributed by atoms with Crippen LogP contribution in [0.2, 0.25) is 0 Å². The Morgan fingerprint density at radius 1 is 1.45 bits per heavy atom. The minimum atomic E-state index is 0.513. The van der Waals surface area contributed by atoms with Crippen molar-refractivity contribution in [3.63, 3.8) is 0 Å². The summed E-state index contributed by atoms with van der Waals surface area (Å²) >= 11 is 8.59. The van der Waals surface area contributed by atoms with Gasteiger partial charge in [0.2, 0.25) is 4.77 Å². The molecule has 0 fully saturated rings. The minimum absolute atomic E-state index is 0.513. The van der Waals surface area contributed by atoms with Crippen molar-refractivity contribution in [2.75, 3.05) is 19.1 Å². The first-order chi connectivity index (χ1) is 9.65. The molecule has 108 valence electrons. The van der Waals surface area contributed by atoms with Crippen LogP contribution in [0.5, 0.6) is 11.5 Å². The number of hydrogen-bond donors (Lipinski definition) is 2. The van der Waals surface area contributed by atoms with Crippen molar-refractivity contribution in [2.24, 2.45) is 0 Å². The summed E-state index contributed by atoms with van der Waals surface area (Å²) in [5.74, 6) is 1.41. The van der Waals surface area contributed by atoms with Gasteiger partial charge >= 0.3 is 0 Å². The Labute approximate surface area is 130 Å². The number of nitrogens with one attached hydrogen (secondary N) is 2. The number of rotatable bonds is 6. The summed E-state index contributed by atoms with van der Waals surface area (Å²) in [4.78, 5) is 0. The minimum Gasteiger partial charge on any atom is -0.493 e. The van der Waals surface area contributed by atoms with E-state index in [0.717, 1.165) is 10.0 Å². The number of methoxy groups -OCH3 is 1. The molecule has 20 heavy (non-hydrogen) atoms. The molecular weight excluding hydrogens is 344 g/mol. The lowest BCUT2D eigenvalue weighted by Crippen LogP contribution is -2.14. The van der Waals surface area contributed by atoms with Gasteiger partial charge in [0.1, 0.15) is 6.33 Å². The first-order valence-corrected chi connectivity index (χ1v) is 7.21. The van der Waals surface area contributed by atoms with E-state index in [1.165, 1.54) is 0 Å². The van der Waals surface area contributed by atoms with Crippen molar-refractivity contribution in [2.45, 2.75) is 13.5 Å². The summed E-state index contributed by atoms with van der Waals surface area (Å²) < 4.78 is 13.9. The number of benzene rings is 1. The van der Waals surface area contributed by atoms with E-state index >= 15 is 0 Å². The third-order valence-electron chi connectivity index (χ3n) is 2.62. The van der Waals surface area contributed by atoms with Crippen LogP contribution >= 0.6 is 28.1 Å². The smallest absolute Gasteiger partial charge is 0.214 e. The van der Waals surface area contributed by atoms with Gasteiger partial charge in [-0.3, -0.25) is 5.10 Å². The lowest BCUT2D eigenvalue weighted by Gasteiger charge is -2.14. The third-order valence-corrected chi connectivity index (χ3v) is 3.65. The molecule has 2 N–H and O–H groups in total. The van der Waals surface area contributed by atoms with Crippen LogP contribution in [0.1, 0.15) is 12.5 Å². The van der Waals surface area contributed by atoms with Gasteiger partial charge < -0.3 is 14.9 Å². The van der Waals surface area contributed by atoms with E-state index in [1.54, 1.807) is 18.1 Å². The maximum Gasteiger partial charge on any atom is 0.214 e. The number of H-pyrrole nitrogens is 1. The quantitative estimate of drug-likeness (QED) is 0.777. The van der Waals surface area contributed by atoms with E-state index in [2.05, 4.69) is 31.6 Å². The Balaban J connectivity index is 2.19. The number of aromatic amines is 1. The second kappa shape index (κ2) is 6.76. The monoisotopic (exact) mass is 358 g/mol. The molecule has 6 nitrogen and oxygen atoms in total. The zero-order valence-corrected chi connectivity index (χ0v) is 13.5. The predicted octanol–water partition coefficient (Wildman–Crippen LogP) is 2.85. The average Bonchev–Trinajstić information content (AvgIpc) is 2.84.